The van der Waals surface area contributed by atoms with Crippen LogP contribution in [0.5, 0.6) is 0 Å². The summed E-state index contributed by atoms with van der Waals surface area (Å²) in [6.07, 6.45) is 3.48. The molecule has 0 bridgehead atoms. The van der Waals surface area contributed by atoms with Crippen molar-refractivity contribution in [2.45, 2.75) is 5.03 Å². The summed E-state index contributed by atoms with van der Waals surface area (Å²) in [7, 11) is -4.01. The average Bonchev–Trinajstić information content (AvgIpc) is 2.93. The molecular formula is C17H11N5O4S. The van der Waals surface area contributed by atoms with Crippen LogP contribution in [0, 0.1) is 0 Å². The maximum Gasteiger partial charge on any atom is 0.282 e. The van der Waals surface area contributed by atoms with Crippen LogP contribution in [0.3, 0.4) is 0 Å². The zero-order valence-electron chi connectivity index (χ0n) is 13.6. The van der Waals surface area contributed by atoms with E-state index in [1.165, 1.54) is 12.3 Å². The third-order valence-corrected chi connectivity index (χ3v) is 5.06. The Morgan fingerprint density at radius 2 is 1.48 bits per heavy atom. The largest absolute Gasteiger partial charge is 0.282 e. The molecule has 0 saturated heterocycles. The molecule has 2 aromatic heterocycles. The maximum atomic E-state index is 12.4. The van der Waals surface area contributed by atoms with Crippen LogP contribution in [0.25, 0.3) is 0 Å². The summed E-state index contributed by atoms with van der Waals surface area (Å²) in [5.41, 5.74) is 0.524. The van der Waals surface area contributed by atoms with Crippen molar-refractivity contribution in [1.82, 2.24) is 15.0 Å². The number of aromatic nitrogens is 3. The normalized spacial score (nSPS) is 13.6. The second-order valence-electron chi connectivity index (χ2n) is 5.52. The highest BCUT2D eigenvalue weighted by Crippen LogP contribution is 2.26. The van der Waals surface area contributed by atoms with Gasteiger partial charge in [-0.05, 0) is 24.3 Å². The number of nitrogens with one attached hydrogen (secondary N) is 1. The quantitative estimate of drug-likeness (QED) is 0.679. The fraction of sp³-hybridized carbons (Fsp3) is 0. The van der Waals surface area contributed by atoms with Crippen molar-refractivity contribution in [2.75, 3.05) is 9.62 Å². The van der Waals surface area contributed by atoms with Gasteiger partial charge in [0.05, 0.1) is 23.5 Å². The van der Waals surface area contributed by atoms with Gasteiger partial charge in [-0.1, -0.05) is 18.2 Å². The van der Waals surface area contributed by atoms with E-state index in [1.54, 1.807) is 36.4 Å². The van der Waals surface area contributed by atoms with E-state index >= 15 is 0 Å². The van der Waals surface area contributed by atoms with Gasteiger partial charge in [0.25, 0.3) is 21.8 Å². The number of rotatable bonds is 4. The molecule has 10 heteroatoms. The van der Waals surface area contributed by atoms with E-state index in [2.05, 4.69) is 19.7 Å². The highest BCUT2D eigenvalue weighted by atomic mass is 32.2. The second kappa shape index (κ2) is 6.25. The molecule has 4 rings (SSSR count). The summed E-state index contributed by atoms with van der Waals surface area (Å²) in [4.78, 5) is 37.4. The van der Waals surface area contributed by atoms with Crippen molar-refractivity contribution < 1.29 is 18.0 Å². The number of pyridine rings is 1. The Bertz CT molecular complexity index is 1110. The summed E-state index contributed by atoms with van der Waals surface area (Å²) in [6.45, 7) is 0. The highest BCUT2D eigenvalue weighted by molar-refractivity contribution is 7.92. The lowest BCUT2D eigenvalue weighted by atomic mass is 10.1. The molecule has 27 heavy (non-hydrogen) atoms. The number of carbonyl (C=O) groups excluding carboxylic acids is 2. The van der Waals surface area contributed by atoms with Gasteiger partial charge >= 0.3 is 0 Å². The van der Waals surface area contributed by atoms with E-state index in [0.717, 1.165) is 17.3 Å². The minimum absolute atomic E-state index is 0.0574. The van der Waals surface area contributed by atoms with Gasteiger partial charge in [0.1, 0.15) is 5.82 Å². The van der Waals surface area contributed by atoms with Crippen molar-refractivity contribution in [1.29, 1.82) is 0 Å². The number of fused-ring (bicyclic) bond motifs is 1. The van der Waals surface area contributed by atoms with Gasteiger partial charge in [-0.2, -0.15) is 8.42 Å². The number of imide groups is 1. The zero-order chi connectivity index (χ0) is 19.0. The number of anilines is 2. The number of amides is 2. The smallest absolute Gasteiger partial charge is 0.268 e. The van der Waals surface area contributed by atoms with Gasteiger partial charge in [-0.25, -0.2) is 19.9 Å². The fourth-order valence-corrected chi connectivity index (χ4v) is 3.46. The standard InChI is InChI=1S/C17H11N5O4S/c23-16-11-5-1-2-6-12(11)17(24)22(16)14-9-20-15(10-19-14)27(25,26)21-13-7-3-4-8-18-13/h1-10H,(H,18,21). The van der Waals surface area contributed by atoms with Crippen LogP contribution in [0.1, 0.15) is 20.7 Å². The zero-order valence-corrected chi connectivity index (χ0v) is 14.4. The Morgan fingerprint density at radius 1 is 0.815 bits per heavy atom. The number of hydrogen-bond acceptors (Lipinski definition) is 7. The van der Waals surface area contributed by atoms with Crippen LogP contribution in [-0.2, 0) is 10.0 Å². The molecule has 1 aliphatic heterocycles. The minimum Gasteiger partial charge on any atom is -0.268 e. The van der Waals surface area contributed by atoms with Crippen molar-refractivity contribution in [3.63, 3.8) is 0 Å². The van der Waals surface area contributed by atoms with Crippen molar-refractivity contribution >= 4 is 33.5 Å². The number of sulfonamides is 1. The lowest BCUT2D eigenvalue weighted by molar-refractivity contribution is 0.0925. The summed E-state index contributed by atoms with van der Waals surface area (Å²) in [6, 6.07) is 11.1. The number of hydrogen-bond donors (Lipinski definition) is 1. The van der Waals surface area contributed by atoms with Gasteiger partial charge in [-0.3, -0.25) is 14.3 Å². The Balaban J connectivity index is 1.62. The molecule has 0 unspecified atom stereocenters. The molecular weight excluding hydrogens is 370 g/mol. The molecule has 3 aromatic rings. The van der Waals surface area contributed by atoms with E-state index < -0.39 is 21.8 Å². The molecule has 134 valence electrons. The summed E-state index contributed by atoms with van der Waals surface area (Å²) < 4.78 is 26.9. The third kappa shape index (κ3) is 2.91. The average molecular weight is 381 g/mol. The fourth-order valence-electron chi connectivity index (χ4n) is 2.57. The highest BCUT2D eigenvalue weighted by Gasteiger charge is 2.37. The predicted octanol–water partition coefficient (Wildman–Crippen LogP) is 1.47. The molecule has 0 spiro atoms. The van der Waals surface area contributed by atoms with E-state index in [9.17, 15) is 18.0 Å². The topological polar surface area (TPSA) is 122 Å². The van der Waals surface area contributed by atoms with Crippen LogP contribution in [-0.4, -0.2) is 35.2 Å². The van der Waals surface area contributed by atoms with Gasteiger partial charge < -0.3 is 0 Å². The molecule has 0 fully saturated rings. The minimum atomic E-state index is -4.01. The monoisotopic (exact) mass is 381 g/mol. The lowest BCUT2D eigenvalue weighted by Crippen LogP contribution is -2.30. The van der Waals surface area contributed by atoms with E-state index in [1.807, 2.05) is 0 Å². The SMILES string of the molecule is O=C1c2ccccc2C(=O)N1c1cnc(S(=O)(=O)Nc2ccccn2)cn1. The van der Waals surface area contributed by atoms with Crippen LogP contribution < -0.4 is 9.62 Å². The van der Waals surface area contributed by atoms with E-state index in [4.69, 9.17) is 0 Å². The Morgan fingerprint density at radius 3 is 2.04 bits per heavy atom. The van der Waals surface area contributed by atoms with Crippen molar-refractivity contribution in [3.8, 4) is 0 Å². The van der Waals surface area contributed by atoms with Crippen LogP contribution in [0.2, 0.25) is 0 Å². The molecule has 1 aliphatic rings. The maximum absolute atomic E-state index is 12.4. The van der Waals surface area contributed by atoms with E-state index in [0.29, 0.717) is 0 Å². The third-order valence-electron chi connectivity index (χ3n) is 3.82. The number of carbonyl (C=O) groups is 2. The summed E-state index contributed by atoms with van der Waals surface area (Å²) in [5.74, 6) is -0.999. The lowest BCUT2D eigenvalue weighted by Gasteiger charge is -2.12. The first-order chi connectivity index (χ1) is 13.0. The number of nitrogens with zero attached hydrogens (tertiary/aromatic N) is 4. The van der Waals surface area contributed by atoms with Gasteiger partial charge in [-0.15, -0.1) is 0 Å². The molecule has 1 aromatic carbocycles. The second-order valence-corrected chi connectivity index (χ2v) is 7.15. The van der Waals surface area contributed by atoms with Crippen molar-refractivity contribution in [2.24, 2.45) is 0 Å². The van der Waals surface area contributed by atoms with Crippen LogP contribution in [0.15, 0.2) is 66.1 Å². The Labute approximate surface area is 153 Å². The molecule has 0 radical (unpaired) electrons. The predicted molar refractivity (Wildman–Crippen MR) is 94.7 cm³/mol. The Kier molecular flexibility index (Phi) is 3.89. The van der Waals surface area contributed by atoms with Gasteiger partial charge in [0, 0.05) is 6.20 Å². The molecule has 3 heterocycles. The van der Waals surface area contributed by atoms with Crippen molar-refractivity contribution in [3.05, 3.63) is 72.2 Å². The molecule has 9 nitrogen and oxygen atoms in total. The van der Waals surface area contributed by atoms with Gasteiger partial charge in [0.15, 0.2) is 10.8 Å². The molecule has 0 aliphatic carbocycles. The first-order valence-corrected chi connectivity index (χ1v) is 9.19. The number of benzene rings is 1. The van der Waals surface area contributed by atoms with Crippen LogP contribution in [0.4, 0.5) is 11.6 Å². The van der Waals surface area contributed by atoms with Gasteiger partial charge in [0.2, 0.25) is 0 Å². The molecule has 1 N–H and O–H groups in total. The summed E-state index contributed by atoms with van der Waals surface area (Å²) in [5, 5.41) is -0.367. The first-order valence-electron chi connectivity index (χ1n) is 7.71. The first kappa shape index (κ1) is 16.8. The summed E-state index contributed by atoms with van der Waals surface area (Å²) >= 11 is 0. The van der Waals surface area contributed by atoms with E-state index in [-0.39, 0.29) is 27.8 Å². The van der Waals surface area contributed by atoms with Crippen LogP contribution >= 0.6 is 0 Å². The molecule has 0 saturated carbocycles. The molecule has 0 atom stereocenters. The molecule has 2 amide bonds. The Hall–Kier alpha value is -3.66.